The number of amides is 1. The first kappa shape index (κ1) is 18.0. The molecule has 0 saturated carbocycles. The lowest BCUT2D eigenvalue weighted by molar-refractivity contribution is -0.136. The monoisotopic (exact) mass is 358 g/mol. The van der Waals surface area contributed by atoms with E-state index in [9.17, 15) is 18.0 Å². The fourth-order valence-corrected chi connectivity index (χ4v) is 2.02. The molecule has 2 N–H and O–H groups in total. The first-order chi connectivity index (χ1) is 11.3. The maximum Gasteiger partial charge on any atom is 0.418 e. The van der Waals surface area contributed by atoms with E-state index in [-0.39, 0.29) is 22.2 Å². The molecule has 5 nitrogen and oxygen atoms in total. The average molecular weight is 359 g/mol. The highest BCUT2D eigenvalue weighted by atomic mass is 35.5. The lowest BCUT2D eigenvalue weighted by Gasteiger charge is -2.14. The number of halogens is 4. The van der Waals surface area contributed by atoms with Gasteiger partial charge in [-0.3, -0.25) is 4.79 Å². The van der Waals surface area contributed by atoms with Gasteiger partial charge in [0.05, 0.1) is 11.3 Å². The fraction of sp³-hybridized carbons (Fsp3) is 0.267. The number of alkyl halides is 3. The van der Waals surface area contributed by atoms with E-state index in [1.807, 2.05) is 6.92 Å². The molecule has 0 bridgehead atoms. The summed E-state index contributed by atoms with van der Waals surface area (Å²) in [6.07, 6.45) is -3.80. The molecule has 2 aromatic rings. The SMILES string of the molecule is CCCNC(=O)c1ccc(Nc2ccc(Cl)cc2C(F)(F)F)nn1. The maximum absolute atomic E-state index is 13.0. The summed E-state index contributed by atoms with van der Waals surface area (Å²) in [5.74, 6) is -0.312. The molecule has 0 atom stereocenters. The summed E-state index contributed by atoms with van der Waals surface area (Å²) in [4.78, 5) is 11.7. The Hall–Kier alpha value is -2.35. The predicted molar refractivity (Wildman–Crippen MR) is 84.4 cm³/mol. The maximum atomic E-state index is 13.0. The zero-order chi connectivity index (χ0) is 17.7. The number of aromatic nitrogens is 2. The summed E-state index contributed by atoms with van der Waals surface area (Å²) < 4.78 is 39.1. The zero-order valence-electron chi connectivity index (χ0n) is 12.6. The molecule has 1 aromatic heterocycles. The highest BCUT2D eigenvalue weighted by molar-refractivity contribution is 6.30. The molecule has 9 heteroatoms. The Labute approximate surface area is 141 Å². The van der Waals surface area contributed by atoms with Crippen molar-refractivity contribution in [2.45, 2.75) is 19.5 Å². The van der Waals surface area contributed by atoms with Crippen molar-refractivity contribution in [3.8, 4) is 0 Å². The fourth-order valence-electron chi connectivity index (χ4n) is 1.85. The third-order valence-electron chi connectivity index (χ3n) is 2.98. The number of hydrogen-bond acceptors (Lipinski definition) is 4. The van der Waals surface area contributed by atoms with E-state index >= 15 is 0 Å². The van der Waals surface area contributed by atoms with Crippen LogP contribution < -0.4 is 10.6 Å². The summed E-state index contributed by atoms with van der Waals surface area (Å²) in [7, 11) is 0. The van der Waals surface area contributed by atoms with Crippen LogP contribution in [-0.2, 0) is 6.18 Å². The van der Waals surface area contributed by atoms with Crippen molar-refractivity contribution in [3.05, 3.63) is 46.6 Å². The van der Waals surface area contributed by atoms with Crippen LogP contribution in [0.1, 0.15) is 29.4 Å². The number of anilines is 2. The highest BCUT2D eigenvalue weighted by Gasteiger charge is 2.34. The summed E-state index contributed by atoms with van der Waals surface area (Å²) in [5.41, 5.74) is -1.04. The van der Waals surface area contributed by atoms with Crippen LogP contribution in [0.4, 0.5) is 24.7 Å². The van der Waals surface area contributed by atoms with Gasteiger partial charge in [-0.2, -0.15) is 13.2 Å². The van der Waals surface area contributed by atoms with Crippen LogP contribution in [0.3, 0.4) is 0 Å². The van der Waals surface area contributed by atoms with Crippen LogP contribution in [0.25, 0.3) is 0 Å². The molecule has 1 heterocycles. The standard InChI is InChI=1S/C15H14ClF3N4O/c1-2-7-20-14(24)12-5-6-13(23-22-12)21-11-4-3-9(16)8-10(11)15(17,18)19/h3-6,8H,2,7H2,1H3,(H,20,24)(H,21,23). The molecule has 0 aliphatic carbocycles. The Balaban J connectivity index is 2.19. The van der Waals surface area contributed by atoms with Crippen LogP contribution in [-0.4, -0.2) is 22.6 Å². The van der Waals surface area contributed by atoms with E-state index in [2.05, 4.69) is 20.8 Å². The molecule has 0 fully saturated rings. The van der Waals surface area contributed by atoms with Gasteiger partial charge in [0.25, 0.3) is 5.91 Å². The van der Waals surface area contributed by atoms with Crippen molar-refractivity contribution in [2.75, 3.05) is 11.9 Å². The third kappa shape index (κ3) is 4.58. The van der Waals surface area contributed by atoms with Crippen LogP contribution in [0, 0.1) is 0 Å². The van der Waals surface area contributed by atoms with Gasteiger partial charge in [-0.05, 0) is 36.8 Å². The average Bonchev–Trinajstić information content (AvgIpc) is 2.54. The topological polar surface area (TPSA) is 66.9 Å². The van der Waals surface area contributed by atoms with Gasteiger partial charge in [-0.1, -0.05) is 18.5 Å². The van der Waals surface area contributed by atoms with E-state index in [1.54, 1.807) is 0 Å². The van der Waals surface area contributed by atoms with Gasteiger partial charge in [0, 0.05) is 11.6 Å². The first-order valence-corrected chi connectivity index (χ1v) is 7.44. The molecule has 1 amide bonds. The predicted octanol–water partition coefficient (Wildman–Crippen LogP) is 4.03. The summed E-state index contributed by atoms with van der Waals surface area (Å²) in [6.45, 7) is 2.41. The Kier molecular flexibility index (Phi) is 5.61. The number of benzene rings is 1. The number of carbonyl (C=O) groups excluding carboxylic acids is 1. The van der Waals surface area contributed by atoms with Crippen molar-refractivity contribution >= 4 is 29.0 Å². The molecule has 128 valence electrons. The minimum absolute atomic E-state index is 0.0260. The van der Waals surface area contributed by atoms with Gasteiger partial charge in [-0.25, -0.2) is 0 Å². The van der Waals surface area contributed by atoms with Crippen LogP contribution in [0.2, 0.25) is 5.02 Å². The van der Waals surface area contributed by atoms with Crippen molar-refractivity contribution in [1.29, 1.82) is 0 Å². The Morgan fingerprint density at radius 2 is 1.96 bits per heavy atom. The molecule has 1 aromatic carbocycles. The van der Waals surface area contributed by atoms with Gasteiger partial charge >= 0.3 is 6.18 Å². The van der Waals surface area contributed by atoms with Crippen LogP contribution in [0.15, 0.2) is 30.3 Å². The molecule has 0 saturated heterocycles. The molecular weight excluding hydrogens is 345 g/mol. The summed E-state index contributed by atoms with van der Waals surface area (Å²) >= 11 is 5.62. The molecule has 0 aliphatic heterocycles. The quantitative estimate of drug-likeness (QED) is 0.846. The minimum Gasteiger partial charge on any atom is -0.351 e. The molecule has 24 heavy (non-hydrogen) atoms. The lowest BCUT2D eigenvalue weighted by Crippen LogP contribution is -2.25. The zero-order valence-corrected chi connectivity index (χ0v) is 13.4. The van der Waals surface area contributed by atoms with Gasteiger partial charge in [0.15, 0.2) is 11.5 Å². The van der Waals surface area contributed by atoms with Gasteiger partial charge in [-0.15, -0.1) is 10.2 Å². The second kappa shape index (κ2) is 7.48. The number of carbonyl (C=O) groups is 1. The Bertz CT molecular complexity index is 720. The Morgan fingerprint density at radius 1 is 1.21 bits per heavy atom. The molecular formula is C15H14ClF3N4O. The van der Waals surface area contributed by atoms with E-state index in [0.29, 0.717) is 6.54 Å². The summed E-state index contributed by atoms with van der Waals surface area (Å²) in [5, 5.41) is 12.6. The molecule has 0 spiro atoms. The number of rotatable bonds is 5. The second-order valence-electron chi connectivity index (χ2n) is 4.87. The summed E-state index contributed by atoms with van der Waals surface area (Å²) in [6, 6.07) is 6.11. The second-order valence-corrected chi connectivity index (χ2v) is 5.31. The first-order valence-electron chi connectivity index (χ1n) is 7.07. The van der Waals surface area contributed by atoms with Crippen LogP contribution in [0.5, 0.6) is 0 Å². The minimum atomic E-state index is -4.57. The molecule has 2 rings (SSSR count). The molecule has 0 aliphatic rings. The number of nitrogens with zero attached hydrogens (tertiary/aromatic N) is 2. The molecule has 0 radical (unpaired) electrons. The van der Waals surface area contributed by atoms with E-state index in [0.717, 1.165) is 12.5 Å². The van der Waals surface area contributed by atoms with Crippen LogP contribution >= 0.6 is 11.6 Å². The lowest BCUT2D eigenvalue weighted by atomic mass is 10.1. The van der Waals surface area contributed by atoms with Gasteiger partial charge in [0.1, 0.15) is 0 Å². The largest absolute Gasteiger partial charge is 0.418 e. The highest BCUT2D eigenvalue weighted by Crippen LogP contribution is 2.37. The smallest absolute Gasteiger partial charge is 0.351 e. The van der Waals surface area contributed by atoms with Crippen molar-refractivity contribution in [1.82, 2.24) is 15.5 Å². The number of nitrogens with one attached hydrogen (secondary N) is 2. The van der Waals surface area contributed by atoms with Crippen molar-refractivity contribution < 1.29 is 18.0 Å². The van der Waals surface area contributed by atoms with Crippen molar-refractivity contribution in [3.63, 3.8) is 0 Å². The third-order valence-corrected chi connectivity index (χ3v) is 3.22. The number of hydrogen-bond donors (Lipinski definition) is 2. The van der Waals surface area contributed by atoms with E-state index in [1.165, 1.54) is 24.3 Å². The molecule has 0 unspecified atom stereocenters. The van der Waals surface area contributed by atoms with E-state index in [4.69, 9.17) is 11.6 Å². The van der Waals surface area contributed by atoms with Gasteiger partial charge in [0.2, 0.25) is 0 Å². The van der Waals surface area contributed by atoms with E-state index < -0.39 is 17.6 Å². The van der Waals surface area contributed by atoms with Gasteiger partial charge < -0.3 is 10.6 Å². The van der Waals surface area contributed by atoms with Crippen molar-refractivity contribution in [2.24, 2.45) is 0 Å². The Morgan fingerprint density at radius 3 is 2.54 bits per heavy atom. The normalized spacial score (nSPS) is 11.2.